The summed E-state index contributed by atoms with van der Waals surface area (Å²) >= 11 is 0. The molecule has 1 fully saturated rings. The summed E-state index contributed by atoms with van der Waals surface area (Å²) in [6, 6.07) is 1.75. The number of aryl methyl sites for hydroxylation is 1. The number of fused-ring (bicyclic) bond motifs is 1. The van der Waals surface area contributed by atoms with Crippen LogP contribution in [-0.2, 0) is 16.0 Å². The lowest BCUT2D eigenvalue weighted by Gasteiger charge is -2.42. The number of hydrogen-bond acceptors (Lipinski definition) is 7. The molecule has 8 nitrogen and oxygen atoms in total. The van der Waals surface area contributed by atoms with Gasteiger partial charge in [0.1, 0.15) is 5.52 Å². The zero-order chi connectivity index (χ0) is 19.6. The Morgan fingerprint density at radius 1 is 1.30 bits per heavy atom. The summed E-state index contributed by atoms with van der Waals surface area (Å²) in [6.07, 6.45) is 3.43. The third-order valence-electron chi connectivity index (χ3n) is 5.30. The molecule has 3 heterocycles. The molecule has 148 valence electrons. The van der Waals surface area contributed by atoms with E-state index in [0.29, 0.717) is 11.1 Å². The first-order valence-corrected chi connectivity index (χ1v) is 9.32. The number of anilines is 1. The van der Waals surface area contributed by atoms with Crippen LogP contribution in [0.25, 0.3) is 11.2 Å². The first-order chi connectivity index (χ1) is 12.9. The summed E-state index contributed by atoms with van der Waals surface area (Å²) in [5.74, 6) is 0.500. The number of rotatable bonds is 6. The molecule has 0 spiro atoms. The maximum absolute atomic E-state index is 11.8. The smallest absolute Gasteiger partial charge is 0.339 e. The van der Waals surface area contributed by atoms with Gasteiger partial charge in [0.25, 0.3) is 0 Å². The molecule has 0 radical (unpaired) electrons. The van der Waals surface area contributed by atoms with Crippen molar-refractivity contribution in [2.24, 2.45) is 0 Å². The molecule has 1 aliphatic rings. The molecule has 0 atom stereocenters. The van der Waals surface area contributed by atoms with Gasteiger partial charge >= 0.3 is 5.97 Å². The van der Waals surface area contributed by atoms with Gasteiger partial charge in [0.05, 0.1) is 18.3 Å². The highest BCUT2D eigenvalue weighted by atomic mass is 16.5. The highest BCUT2D eigenvalue weighted by Crippen LogP contribution is 2.30. The van der Waals surface area contributed by atoms with Crippen molar-refractivity contribution in [3.8, 4) is 0 Å². The van der Waals surface area contributed by atoms with E-state index in [9.17, 15) is 4.79 Å². The van der Waals surface area contributed by atoms with Crippen LogP contribution in [0.1, 0.15) is 30.1 Å². The van der Waals surface area contributed by atoms with Crippen LogP contribution >= 0.6 is 0 Å². The maximum Gasteiger partial charge on any atom is 0.339 e. The molecule has 1 saturated heterocycles. The monoisotopic (exact) mass is 375 g/mol. The van der Waals surface area contributed by atoms with Crippen LogP contribution in [0.4, 0.5) is 5.95 Å². The van der Waals surface area contributed by atoms with Gasteiger partial charge in [-0.1, -0.05) is 0 Å². The molecule has 0 saturated carbocycles. The molecule has 2 aromatic rings. The molecule has 0 unspecified atom stereocenters. The van der Waals surface area contributed by atoms with Gasteiger partial charge < -0.3 is 19.3 Å². The normalized spacial score (nSPS) is 16.9. The Balaban J connectivity index is 1.87. The minimum atomic E-state index is -0.400. The summed E-state index contributed by atoms with van der Waals surface area (Å²) in [7, 11) is 7.33. The van der Waals surface area contributed by atoms with Crippen molar-refractivity contribution in [1.29, 1.82) is 0 Å². The van der Waals surface area contributed by atoms with Gasteiger partial charge in [-0.25, -0.2) is 14.8 Å². The average Bonchev–Trinajstić information content (AvgIpc) is 3.05. The fourth-order valence-corrected chi connectivity index (χ4v) is 3.88. The molecule has 0 bridgehead atoms. The number of esters is 1. The number of nitrogens with zero attached hydrogens (tertiary/aromatic N) is 5. The summed E-state index contributed by atoms with van der Waals surface area (Å²) in [6.45, 7) is 5.49. The summed E-state index contributed by atoms with van der Waals surface area (Å²) in [5, 5.41) is 0. The van der Waals surface area contributed by atoms with Gasteiger partial charge in [0, 0.05) is 39.5 Å². The summed E-state index contributed by atoms with van der Waals surface area (Å²) in [5.41, 5.74) is 1.81. The molecule has 0 amide bonds. The Morgan fingerprint density at radius 3 is 2.56 bits per heavy atom. The molecule has 0 N–H and O–H groups in total. The fourth-order valence-electron chi connectivity index (χ4n) is 3.88. The predicted octanol–water partition coefficient (Wildman–Crippen LogP) is 1.78. The Morgan fingerprint density at radius 2 is 2.00 bits per heavy atom. The number of carbonyl (C=O) groups excluding carboxylic acids is 1. The number of aromatic nitrogens is 3. The minimum Gasteiger partial charge on any atom is -0.465 e. The number of pyridine rings is 1. The van der Waals surface area contributed by atoms with Crippen molar-refractivity contribution < 1.29 is 14.3 Å². The van der Waals surface area contributed by atoms with Crippen molar-refractivity contribution in [3.63, 3.8) is 0 Å². The second-order valence-corrected chi connectivity index (χ2v) is 7.33. The lowest BCUT2D eigenvalue weighted by atomic mass is 9.90. The Hall–Kier alpha value is -2.19. The Kier molecular flexibility index (Phi) is 5.67. The van der Waals surface area contributed by atoms with E-state index in [4.69, 9.17) is 14.5 Å². The molecular weight excluding hydrogens is 346 g/mol. The van der Waals surface area contributed by atoms with E-state index in [1.54, 1.807) is 19.4 Å². The highest BCUT2D eigenvalue weighted by Gasteiger charge is 2.36. The summed E-state index contributed by atoms with van der Waals surface area (Å²) < 4.78 is 12.8. The van der Waals surface area contributed by atoms with E-state index in [1.807, 2.05) is 0 Å². The lowest BCUT2D eigenvalue weighted by molar-refractivity contribution is -0.0456. The minimum absolute atomic E-state index is 0.112. The van der Waals surface area contributed by atoms with Crippen LogP contribution < -0.4 is 4.90 Å². The van der Waals surface area contributed by atoms with Crippen LogP contribution in [0.3, 0.4) is 0 Å². The van der Waals surface area contributed by atoms with Gasteiger partial charge in [-0.15, -0.1) is 0 Å². The van der Waals surface area contributed by atoms with Crippen molar-refractivity contribution in [2.45, 2.75) is 31.9 Å². The molecule has 0 aromatic carbocycles. The molecule has 1 aliphatic heterocycles. The fraction of sp³-hybridized carbons (Fsp3) is 0.632. The number of piperidine rings is 1. The van der Waals surface area contributed by atoms with Crippen molar-refractivity contribution in [3.05, 3.63) is 17.8 Å². The predicted molar refractivity (Wildman–Crippen MR) is 104 cm³/mol. The first-order valence-electron chi connectivity index (χ1n) is 9.32. The average molecular weight is 375 g/mol. The van der Waals surface area contributed by atoms with Gasteiger partial charge in [-0.05, 0) is 39.9 Å². The quantitative estimate of drug-likeness (QED) is 0.713. The Labute approximate surface area is 160 Å². The highest BCUT2D eigenvalue weighted by molar-refractivity contribution is 5.92. The zero-order valence-electron chi connectivity index (χ0n) is 16.9. The van der Waals surface area contributed by atoms with Gasteiger partial charge in [0.2, 0.25) is 5.95 Å². The van der Waals surface area contributed by atoms with Gasteiger partial charge in [-0.3, -0.25) is 4.57 Å². The standard InChI is InChI=1S/C19H29N5O3/c1-6-24-16-15(11-14(12-20-16)17(25)26-4)21-18(24)23-9-7-19(27-5,8-10-23)13-22(2)3/h11-12H,6-10,13H2,1-5H3. The Bertz CT molecular complexity index is 809. The molecule has 2 aromatic heterocycles. The van der Waals surface area contributed by atoms with Gasteiger partial charge in [0.15, 0.2) is 5.65 Å². The number of methoxy groups -OCH3 is 2. The van der Waals surface area contributed by atoms with E-state index in [2.05, 4.69) is 40.4 Å². The topological polar surface area (TPSA) is 72.7 Å². The van der Waals surface area contributed by atoms with E-state index in [0.717, 1.165) is 50.6 Å². The molecule has 0 aliphatic carbocycles. The number of imidazole rings is 1. The van der Waals surface area contributed by atoms with E-state index in [1.165, 1.54) is 7.11 Å². The van der Waals surface area contributed by atoms with Crippen LogP contribution in [0, 0.1) is 0 Å². The largest absolute Gasteiger partial charge is 0.465 e. The third kappa shape index (κ3) is 3.77. The SMILES string of the molecule is CCn1c(N2CCC(CN(C)C)(OC)CC2)nc2cc(C(=O)OC)cnc21. The summed E-state index contributed by atoms with van der Waals surface area (Å²) in [4.78, 5) is 25.5. The number of hydrogen-bond donors (Lipinski definition) is 0. The second kappa shape index (κ2) is 7.82. The molecular formula is C19H29N5O3. The second-order valence-electron chi connectivity index (χ2n) is 7.33. The van der Waals surface area contributed by atoms with Crippen molar-refractivity contribution in [1.82, 2.24) is 19.4 Å². The van der Waals surface area contributed by atoms with Crippen molar-refractivity contribution >= 4 is 23.1 Å². The number of carbonyl (C=O) groups is 1. The third-order valence-corrected chi connectivity index (χ3v) is 5.30. The molecule has 27 heavy (non-hydrogen) atoms. The number of likely N-dealkylation sites (N-methyl/N-ethyl adjacent to an activating group) is 1. The molecule has 3 rings (SSSR count). The molecule has 8 heteroatoms. The van der Waals surface area contributed by atoms with Crippen LogP contribution in [0.15, 0.2) is 12.3 Å². The number of ether oxygens (including phenoxy) is 2. The van der Waals surface area contributed by atoms with E-state index in [-0.39, 0.29) is 5.60 Å². The lowest BCUT2D eigenvalue weighted by Crippen LogP contribution is -2.51. The van der Waals surface area contributed by atoms with E-state index < -0.39 is 5.97 Å². The zero-order valence-corrected chi connectivity index (χ0v) is 16.9. The van der Waals surface area contributed by atoms with Crippen LogP contribution in [0.2, 0.25) is 0 Å². The van der Waals surface area contributed by atoms with Gasteiger partial charge in [-0.2, -0.15) is 0 Å². The first kappa shape index (κ1) is 19.6. The van der Waals surface area contributed by atoms with Crippen LogP contribution in [0.5, 0.6) is 0 Å². The maximum atomic E-state index is 11.8. The van der Waals surface area contributed by atoms with Crippen molar-refractivity contribution in [2.75, 3.05) is 52.8 Å². The van der Waals surface area contributed by atoms with E-state index >= 15 is 0 Å². The van der Waals surface area contributed by atoms with Crippen LogP contribution in [-0.4, -0.2) is 79.0 Å².